The van der Waals surface area contributed by atoms with Crippen molar-refractivity contribution < 1.29 is 14.1 Å². The molecule has 4 rings (SSSR count). The number of rotatable bonds is 8. The third kappa shape index (κ3) is 5.04. The van der Waals surface area contributed by atoms with Gasteiger partial charge >= 0.3 is 0 Å². The summed E-state index contributed by atoms with van der Waals surface area (Å²) in [4.78, 5) is 27.2. The monoisotopic (exact) mass is 436 g/mol. The fraction of sp³-hybridized carbons (Fsp3) is 0.435. The van der Waals surface area contributed by atoms with E-state index < -0.39 is 0 Å². The lowest BCUT2D eigenvalue weighted by Crippen LogP contribution is -2.38. The first-order valence-electron chi connectivity index (χ1n) is 10.9. The van der Waals surface area contributed by atoms with E-state index in [0.29, 0.717) is 25.9 Å². The van der Waals surface area contributed by atoms with E-state index >= 15 is 0 Å². The summed E-state index contributed by atoms with van der Waals surface area (Å²) in [7, 11) is 0. The highest BCUT2D eigenvalue weighted by molar-refractivity contribution is 5.91. The van der Waals surface area contributed by atoms with Crippen molar-refractivity contribution in [3.63, 3.8) is 0 Å². The standard InChI is InChI=1S/C23H28N6O3/c1-16-20(17(2)32-26-16)10-11-22(30)29-12-6-9-19(29)14-28-15-21(25-27-28)23(31)24-13-18-7-4-3-5-8-18/h3-5,7-8,15,19H,6,9-14H2,1-2H3,(H,24,31)/t19-/m0/s1. The van der Waals surface area contributed by atoms with Gasteiger partial charge in [-0.1, -0.05) is 40.7 Å². The minimum Gasteiger partial charge on any atom is -0.361 e. The molecule has 2 aromatic heterocycles. The molecule has 3 aromatic rings. The third-order valence-corrected chi connectivity index (χ3v) is 5.93. The molecule has 1 aliphatic heterocycles. The van der Waals surface area contributed by atoms with Crippen LogP contribution in [0.15, 0.2) is 41.1 Å². The number of carbonyl (C=O) groups is 2. The van der Waals surface area contributed by atoms with Crippen LogP contribution in [-0.4, -0.2) is 49.5 Å². The minimum absolute atomic E-state index is 0.0501. The molecule has 3 heterocycles. The molecule has 1 fully saturated rings. The van der Waals surface area contributed by atoms with E-state index in [9.17, 15) is 9.59 Å². The van der Waals surface area contributed by atoms with Gasteiger partial charge in [0.15, 0.2) is 5.69 Å². The predicted octanol–water partition coefficient (Wildman–Crippen LogP) is 2.44. The molecular formula is C23H28N6O3. The largest absolute Gasteiger partial charge is 0.361 e. The lowest BCUT2D eigenvalue weighted by molar-refractivity contribution is -0.132. The van der Waals surface area contributed by atoms with Crippen molar-refractivity contribution in [3.05, 3.63) is 64.8 Å². The number of hydrogen-bond acceptors (Lipinski definition) is 6. The Balaban J connectivity index is 1.31. The Hall–Kier alpha value is -3.49. The summed E-state index contributed by atoms with van der Waals surface area (Å²) >= 11 is 0. The number of nitrogens with one attached hydrogen (secondary N) is 1. The highest BCUT2D eigenvalue weighted by atomic mass is 16.5. The van der Waals surface area contributed by atoms with Crippen LogP contribution in [0.5, 0.6) is 0 Å². The Morgan fingerprint density at radius 3 is 2.78 bits per heavy atom. The summed E-state index contributed by atoms with van der Waals surface area (Å²) in [6, 6.07) is 9.75. The van der Waals surface area contributed by atoms with Crippen LogP contribution >= 0.6 is 0 Å². The van der Waals surface area contributed by atoms with Gasteiger partial charge in [-0.25, -0.2) is 4.68 Å². The second-order valence-electron chi connectivity index (χ2n) is 8.18. The summed E-state index contributed by atoms with van der Waals surface area (Å²) < 4.78 is 6.85. The predicted molar refractivity (Wildman–Crippen MR) is 117 cm³/mol. The lowest BCUT2D eigenvalue weighted by Gasteiger charge is -2.24. The molecule has 0 aliphatic carbocycles. The molecule has 32 heavy (non-hydrogen) atoms. The van der Waals surface area contributed by atoms with Crippen LogP contribution in [0.25, 0.3) is 0 Å². The van der Waals surface area contributed by atoms with Crippen LogP contribution in [-0.2, 0) is 24.3 Å². The lowest BCUT2D eigenvalue weighted by atomic mass is 10.1. The van der Waals surface area contributed by atoms with Gasteiger partial charge in [0, 0.05) is 25.1 Å². The van der Waals surface area contributed by atoms with Crippen molar-refractivity contribution >= 4 is 11.8 Å². The number of benzene rings is 1. The van der Waals surface area contributed by atoms with E-state index in [2.05, 4.69) is 20.8 Å². The summed E-state index contributed by atoms with van der Waals surface area (Å²) in [5.74, 6) is 0.626. The molecule has 9 nitrogen and oxygen atoms in total. The highest BCUT2D eigenvalue weighted by Gasteiger charge is 2.29. The van der Waals surface area contributed by atoms with Gasteiger partial charge in [0.2, 0.25) is 5.91 Å². The molecule has 1 saturated heterocycles. The van der Waals surface area contributed by atoms with Gasteiger partial charge in [-0.3, -0.25) is 9.59 Å². The number of aryl methyl sites for hydroxylation is 2. The first-order chi connectivity index (χ1) is 15.5. The highest BCUT2D eigenvalue weighted by Crippen LogP contribution is 2.21. The molecule has 0 bridgehead atoms. The van der Waals surface area contributed by atoms with Gasteiger partial charge in [-0.2, -0.15) is 0 Å². The normalized spacial score (nSPS) is 15.8. The molecule has 1 aliphatic rings. The van der Waals surface area contributed by atoms with Gasteiger partial charge in [0.05, 0.1) is 24.5 Å². The summed E-state index contributed by atoms with van der Waals surface area (Å²) in [6.45, 7) is 5.47. The van der Waals surface area contributed by atoms with Crippen LogP contribution in [0.1, 0.15) is 52.3 Å². The topological polar surface area (TPSA) is 106 Å². The molecule has 168 valence electrons. The number of amides is 2. The number of nitrogens with zero attached hydrogens (tertiary/aromatic N) is 5. The van der Waals surface area contributed by atoms with E-state index in [4.69, 9.17) is 4.52 Å². The van der Waals surface area contributed by atoms with E-state index in [1.165, 1.54) is 0 Å². The van der Waals surface area contributed by atoms with E-state index in [0.717, 1.165) is 42.0 Å². The maximum absolute atomic E-state index is 12.9. The molecule has 9 heteroatoms. The first-order valence-corrected chi connectivity index (χ1v) is 10.9. The van der Waals surface area contributed by atoms with Crippen molar-refractivity contribution in [1.29, 1.82) is 0 Å². The van der Waals surface area contributed by atoms with Crippen LogP contribution < -0.4 is 5.32 Å². The van der Waals surface area contributed by atoms with Crippen LogP contribution in [0, 0.1) is 13.8 Å². The molecule has 0 saturated carbocycles. The molecule has 1 N–H and O–H groups in total. The third-order valence-electron chi connectivity index (χ3n) is 5.93. The van der Waals surface area contributed by atoms with Crippen molar-refractivity contribution in [3.8, 4) is 0 Å². The number of carbonyl (C=O) groups excluding carboxylic acids is 2. The maximum atomic E-state index is 12.9. The fourth-order valence-electron chi connectivity index (χ4n) is 4.16. The fourth-order valence-corrected chi connectivity index (χ4v) is 4.16. The van der Waals surface area contributed by atoms with Crippen molar-refractivity contribution in [2.75, 3.05) is 6.54 Å². The SMILES string of the molecule is Cc1noc(C)c1CCC(=O)N1CCC[C@H]1Cn1cc(C(=O)NCc2ccccc2)nn1. The Labute approximate surface area is 186 Å². The number of aromatic nitrogens is 4. The van der Waals surface area contributed by atoms with E-state index in [1.54, 1.807) is 10.9 Å². The van der Waals surface area contributed by atoms with Gasteiger partial charge < -0.3 is 14.7 Å². The first kappa shape index (κ1) is 21.7. The van der Waals surface area contributed by atoms with E-state index in [1.807, 2.05) is 49.1 Å². The summed E-state index contributed by atoms with van der Waals surface area (Å²) in [6.07, 6.45) is 4.56. The van der Waals surface area contributed by atoms with Crippen LogP contribution in [0.3, 0.4) is 0 Å². The van der Waals surface area contributed by atoms with Crippen LogP contribution in [0.4, 0.5) is 0 Å². The van der Waals surface area contributed by atoms with Crippen molar-refractivity contribution in [1.82, 2.24) is 30.4 Å². The Morgan fingerprint density at radius 2 is 2.03 bits per heavy atom. The molecule has 2 amide bonds. The molecule has 0 unspecified atom stereocenters. The zero-order valence-corrected chi connectivity index (χ0v) is 18.5. The zero-order valence-electron chi connectivity index (χ0n) is 18.5. The van der Waals surface area contributed by atoms with Crippen molar-refractivity contribution in [2.24, 2.45) is 0 Å². The maximum Gasteiger partial charge on any atom is 0.273 e. The molecular weight excluding hydrogens is 408 g/mol. The zero-order chi connectivity index (χ0) is 22.5. The van der Waals surface area contributed by atoms with Crippen molar-refractivity contribution in [2.45, 2.75) is 58.7 Å². The number of hydrogen-bond donors (Lipinski definition) is 1. The minimum atomic E-state index is -0.265. The smallest absolute Gasteiger partial charge is 0.273 e. The number of likely N-dealkylation sites (tertiary alicyclic amines) is 1. The second-order valence-corrected chi connectivity index (χ2v) is 8.18. The Kier molecular flexibility index (Phi) is 6.63. The molecule has 0 spiro atoms. The van der Waals surface area contributed by atoms with Gasteiger partial charge in [-0.05, 0) is 38.7 Å². The quantitative estimate of drug-likeness (QED) is 0.581. The Bertz CT molecular complexity index is 1060. The summed E-state index contributed by atoms with van der Waals surface area (Å²) in [5, 5.41) is 14.9. The summed E-state index contributed by atoms with van der Waals surface area (Å²) in [5.41, 5.74) is 3.14. The molecule has 0 radical (unpaired) electrons. The van der Waals surface area contributed by atoms with Gasteiger partial charge in [0.1, 0.15) is 5.76 Å². The molecule has 1 atom stereocenters. The average molecular weight is 437 g/mol. The molecule has 1 aromatic carbocycles. The Morgan fingerprint density at radius 1 is 1.22 bits per heavy atom. The van der Waals surface area contributed by atoms with E-state index in [-0.39, 0.29) is 23.6 Å². The average Bonchev–Trinajstić information content (AvgIpc) is 3.53. The second kappa shape index (κ2) is 9.76. The van der Waals surface area contributed by atoms with Crippen LogP contribution in [0.2, 0.25) is 0 Å². The van der Waals surface area contributed by atoms with Gasteiger partial charge in [-0.15, -0.1) is 5.10 Å². The van der Waals surface area contributed by atoms with Gasteiger partial charge in [0.25, 0.3) is 5.91 Å².